The number of aryl methyl sites for hydroxylation is 2. The Hall–Kier alpha value is -2.63. The third-order valence-electron chi connectivity index (χ3n) is 6.04. The first-order valence-corrected chi connectivity index (χ1v) is 10.2. The van der Waals surface area contributed by atoms with Crippen LogP contribution in [0.5, 0.6) is 5.75 Å². The zero-order chi connectivity index (χ0) is 20.0. The maximum atomic E-state index is 13.6. The van der Waals surface area contributed by atoms with Crippen LogP contribution in [0.3, 0.4) is 0 Å². The van der Waals surface area contributed by atoms with Gasteiger partial charge in [-0.05, 0) is 73.6 Å². The van der Waals surface area contributed by atoms with Crippen LogP contribution >= 0.6 is 0 Å². The number of fused-ring (bicyclic) bond motifs is 3. The average Bonchev–Trinajstić information content (AvgIpc) is 3.43. The Balaban J connectivity index is 1.38. The van der Waals surface area contributed by atoms with Gasteiger partial charge in [-0.1, -0.05) is 6.07 Å². The molecule has 6 heteroatoms. The standard InChI is InChI=1S/C23H23F3N2O/c24-23(25,26)19-12-15(6-9-22(19)28-10-1-2-11-28)14-29-16-7-8-21-18(13-16)17-4-3-5-20(17)27-21/h6-9,12-13,27H,1-5,10-11,14H2. The summed E-state index contributed by atoms with van der Waals surface area (Å²) in [6, 6.07) is 10.4. The lowest BCUT2D eigenvalue weighted by molar-refractivity contribution is -0.137. The monoisotopic (exact) mass is 400 g/mol. The molecular weight excluding hydrogens is 377 g/mol. The van der Waals surface area contributed by atoms with Crippen molar-refractivity contribution in [1.29, 1.82) is 0 Å². The Morgan fingerprint density at radius 1 is 0.966 bits per heavy atom. The van der Waals surface area contributed by atoms with Gasteiger partial charge in [-0.25, -0.2) is 0 Å². The molecule has 152 valence electrons. The average molecular weight is 400 g/mol. The number of H-pyrrole nitrogens is 1. The third kappa shape index (κ3) is 3.45. The molecule has 1 aromatic heterocycles. The topological polar surface area (TPSA) is 28.3 Å². The van der Waals surface area contributed by atoms with Crippen molar-refractivity contribution in [2.45, 2.75) is 44.9 Å². The van der Waals surface area contributed by atoms with E-state index in [2.05, 4.69) is 4.98 Å². The van der Waals surface area contributed by atoms with Crippen LogP contribution in [0, 0.1) is 0 Å². The van der Waals surface area contributed by atoms with Gasteiger partial charge in [-0.15, -0.1) is 0 Å². The van der Waals surface area contributed by atoms with Crippen molar-refractivity contribution in [3.05, 3.63) is 58.8 Å². The lowest BCUT2D eigenvalue weighted by atomic mass is 10.1. The first-order valence-electron chi connectivity index (χ1n) is 10.2. The van der Waals surface area contributed by atoms with Gasteiger partial charge >= 0.3 is 6.18 Å². The molecule has 0 unspecified atom stereocenters. The normalized spacial score (nSPS) is 16.6. The summed E-state index contributed by atoms with van der Waals surface area (Å²) in [6.45, 7) is 1.47. The fourth-order valence-corrected chi connectivity index (χ4v) is 4.61. The molecule has 29 heavy (non-hydrogen) atoms. The van der Waals surface area contributed by atoms with Gasteiger partial charge in [0.2, 0.25) is 0 Å². The Morgan fingerprint density at radius 3 is 2.59 bits per heavy atom. The van der Waals surface area contributed by atoms with E-state index in [1.54, 1.807) is 12.1 Å². The fourth-order valence-electron chi connectivity index (χ4n) is 4.61. The number of nitrogens with zero attached hydrogens (tertiary/aromatic N) is 1. The van der Waals surface area contributed by atoms with Crippen LogP contribution in [0.25, 0.3) is 10.9 Å². The Morgan fingerprint density at radius 2 is 1.79 bits per heavy atom. The highest BCUT2D eigenvalue weighted by atomic mass is 19.4. The quantitative estimate of drug-likeness (QED) is 0.595. The molecule has 3 nitrogen and oxygen atoms in total. The molecule has 5 rings (SSSR count). The number of nitrogens with one attached hydrogen (secondary N) is 1. The maximum absolute atomic E-state index is 13.6. The zero-order valence-electron chi connectivity index (χ0n) is 16.1. The molecule has 1 saturated heterocycles. The molecule has 2 aliphatic rings. The summed E-state index contributed by atoms with van der Waals surface area (Å²) in [5.74, 6) is 0.684. The smallest absolute Gasteiger partial charge is 0.418 e. The molecule has 1 aliphatic heterocycles. The van der Waals surface area contributed by atoms with E-state index in [4.69, 9.17) is 4.74 Å². The second kappa shape index (κ2) is 7.01. The van der Waals surface area contributed by atoms with Gasteiger partial charge in [0.1, 0.15) is 12.4 Å². The molecule has 0 radical (unpaired) electrons. The summed E-state index contributed by atoms with van der Waals surface area (Å²) in [7, 11) is 0. The highest BCUT2D eigenvalue weighted by Crippen LogP contribution is 2.39. The van der Waals surface area contributed by atoms with E-state index in [9.17, 15) is 13.2 Å². The summed E-state index contributed by atoms with van der Waals surface area (Å²) in [4.78, 5) is 5.28. The van der Waals surface area contributed by atoms with E-state index in [0.717, 1.165) is 43.0 Å². The van der Waals surface area contributed by atoms with Crippen LogP contribution in [0.4, 0.5) is 18.9 Å². The van der Waals surface area contributed by atoms with Gasteiger partial charge in [0.25, 0.3) is 0 Å². The predicted octanol–water partition coefficient (Wildman–Crippen LogP) is 5.85. The second-order valence-electron chi connectivity index (χ2n) is 7.98. The Labute approximate surface area is 167 Å². The molecule has 1 aliphatic carbocycles. The Bertz CT molecular complexity index is 1050. The van der Waals surface area contributed by atoms with Crippen molar-refractivity contribution >= 4 is 16.6 Å². The summed E-state index contributed by atoms with van der Waals surface area (Å²) in [5.41, 5.74) is 3.97. The summed E-state index contributed by atoms with van der Waals surface area (Å²) < 4.78 is 46.8. The number of aromatic nitrogens is 1. The largest absolute Gasteiger partial charge is 0.489 e. The molecule has 3 aromatic rings. The number of halogens is 3. The molecule has 0 bridgehead atoms. The molecule has 0 spiro atoms. The van der Waals surface area contributed by atoms with Crippen molar-refractivity contribution in [2.75, 3.05) is 18.0 Å². The van der Waals surface area contributed by atoms with Crippen LogP contribution in [0.2, 0.25) is 0 Å². The number of rotatable bonds is 4. The number of benzene rings is 2. The first kappa shape index (κ1) is 18.4. The van der Waals surface area contributed by atoms with E-state index in [1.807, 2.05) is 23.1 Å². The van der Waals surface area contributed by atoms with Gasteiger partial charge in [-0.2, -0.15) is 13.2 Å². The van der Waals surface area contributed by atoms with Crippen molar-refractivity contribution in [2.24, 2.45) is 0 Å². The summed E-state index contributed by atoms with van der Waals surface area (Å²) in [6.07, 6.45) is 0.792. The van der Waals surface area contributed by atoms with Crippen LogP contribution < -0.4 is 9.64 Å². The van der Waals surface area contributed by atoms with Gasteiger partial charge in [0.05, 0.1) is 5.56 Å². The molecule has 2 aromatic carbocycles. The number of alkyl halides is 3. The van der Waals surface area contributed by atoms with Gasteiger partial charge in [-0.3, -0.25) is 0 Å². The molecular formula is C23H23F3N2O. The SMILES string of the molecule is FC(F)(F)c1cc(COc2ccc3[nH]c4c(c3c2)CCC4)ccc1N1CCCC1. The van der Waals surface area contributed by atoms with E-state index in [1.165, 1.54) is 17.3 Å². The maximum Gasteiger partial charge on any atom is 0.418 e. The van der Waals surface area contributed by atoms with Gasteiger partial charge < -0.3 is 14.6 Å². The zero-order valence-corrected chi connectivity index (χ0v) is 16.1. The van der Waals surface area contributed by atoms with E-state index < -0.39 is 11.7 Å². The third-order valence-corrected chi connectivity index (χ3v) is 6.04. The highest BCUT2D eigenvalue weighted by molar-refractivity contribution is 5.86. The summed E-state index contributed by atoms with van der Waals surface area (Å²) in [5, 5.41) is 1.16. The number of anilines is 1. The number of aromatic amines is 1. The first-order chi connectivity index (χ1) is 14.0. The van der Waals surface area contributed by atoms with Crippen LogP contribution in [0.15, 0.2) is 36.4 Å². The van der Waals surface area contributed by atoms with Gasteiger partial charge in [0.15, 0.2) is 0 Å². The highest BCUT2D eigenvalue weighted by Gasteiger charge is 2.35. The molecule has 2 heterocycles. The lowest BCUT2D eigenvalue weighted by Gasteiger charge is -2.23. The van der Waals surface area contributed by atoms with Crippen molar-refractivity contribution in [3.63, 3.8) is 0 Å². The van der Waals surface area contributed by atoms with E-state index in [-0.39, 0.29) is 12.3 Å². The number of hydrogen-bond acceptors (Lipinski definition) is 2. The lowest BCUT2D eigenvalue weighted by Crippen LogP contribution is -2.22. The van der Waals surface area contributed by atoms with Crippen molar-refractivity contribution in [1.82, 2.24) is 4.98 Å². The Kier molecular flexibility index (Phi) is 4.45. The van der Waals surface area contributed by atoms with E-state index >= 15 is 0 Å². The summed E-state index contributed by atoms with van der Waals surface area (Å²) >= 11 is 0. The minimum absolute atomic E-state index is 0.113. The molecule has 1 N–H and O–H groups in total. The van der Waals surface area contributed by atoms with Crippen molar-refractivity contribution < 1.29 is 17.9 Å². The molecule has 0 saturated carbocycles. The van der Waals surface area contributed by atoms with E-state index in [0.29, 0.717) is 24.4 Å². The second-order valence-corrected chi connectivity index (χ2v) is 7.98. The fraction of sp³-hybridized carbons (Fsp3) is 0.391. The minimum atomic E-state index is -4.38. The molecule has 1 fully saturated rings. The van der Waals surface area contributed by atoms with Gasteiger partial charge in [0, 0.05) is 35.4 Å². The van der Waals surface area contributed by atoms with Crippen LogP contribution in [-0.2, 0) is 25.6 Å². The van der Waals surface area contributed by atoms with Crippen LogP contribution in [0.1, 0.15) is 41.6 Å². The predicted molar refractivity (Wildman–Crippen MR) is 108 cm³/mol. The van der Waals surface area contributed by atoms with Crippen molar-refractivity contribution in [3.8, 4) is 5.75 Å². The molecule has 0 amide bonds. The number of hydrogen-bond donors (Lipinski definition) is 1. The minimum Gasteiger partial charge on any atom is -0.489 e. The molecule has 0 atom stereocenters. The van der Waals surface area contributed by atoms with Crippen LogP contribution in [-0.4, -0.2) is 18.1 Å². The number of ether oxygens (including phenoxy) is 1.